The first-order valence-electron chi connectivity index (χ1n) is 5.70. The smallest absolute Gasteiger partial charge is 0.170 e. The van der Waals surface area contributed by atoms with Crippen LogP contribution in [0.4, 0.5) is 13.2 Å². The van der Waals surface area contributed by atoms with Crippen LogP contribution in [-0.2, 0) is 0 Å². The third-order valence-corrected chi connectivity index (χ3v) is 3.38. The van der Waals surface area contributed by atoms with Crippen molar-refractivity contribution in [1.82, 2.24) is 0 Å². The minimum Gasteiger partial charge on any atom is -0.170 e. The predicted molar refractivity (Wildman–Crippen MR) is 57.2 cm³/mol. The van der Waals surface area contributed by atoms with Gasteiger partial charge in [0.25, 0.3) is 0 Å². The molecular formula is C13H15F3. The molecular weight excluding hydrogens is 213 g/mol. The Labute approximate surface area is 93.5 Å². The average Bonchev–Trinajstić information content (AvgIpc) is 2.71. The molecule has 1 saturated carbocycles. The van der Waals surface area contributed by atoms with E-state index >= 15 is 0 Å². The van der Waals surface area contributed by atoms with Crippen molar-refractivity contribution in [1.29, 1.82) is 0 Å². The monoisotopic (exact) mass is 228 g/mol. The lowest BCUT2D eigenvalue weighted by molar-refractivity contribution is -0.161. The zero-order valence-corrected chi connectivity index (χ0v) is 9.00. The van der Waals surface area contributed by atoms with Gasteiger partial charge in [-0.1, -0.05) is 43.2 Å². The first kappa shape index (κ1) is 11.5. The van der Waals surface area contributed by atoms with E-state index in [4.69, 9.17) is 0 Å². The highest BCUT2D eigenvalue weighted by atomic mass is 19.4. The Morgan fingerprint density at radius 1 is 1.00 bits per heavy atom. The molecule has 16 heavy (non-hydrogen) atoms. The van der Waals surface area contributed by atoms with Crippen LogP contribution in [0.2, 0.25) is 0 Å². The van der Waals surface area contributed by atoms with Gasteiger partial charge in [-0.15, -0.1) is 0 Å². The van der Waals surface area contributed by atoms with Crippen LogP contribution < -0.4 is 0 Å². The Bertz CT molecular complexity index is 323. The lowest BCUT2D eigenvalue weighted by Crippen LogP contribution is -2.26. The highest BCUT2D eigenvalue weighted by Crippen LogP contribution is 2.46. The minimum absolute atomic E-state index is 0.220. The van der Waals surface area contributed by atoms with E-state index in [2.05, 4.69) is 0 Å². The molecule has 1 aromatic rings. The van der Waals surface area contributed by atoms with Crippen molar-refractivity contribution in [2.75, 3.05) is 0 Å². The van der Waals surface area contributed by atoms with Crippen molar-refractivity contribution in [2.45, 2.75) is 37.8 Å². The normalized spacial score (nSPS) is 19.9. The van der Waals surface area contributed by atoms with Crippen molar-refractivity contribution in [3.8, 4) is 0 Å². The summed E-state index contributed by atoms with van der Waals surface area (Å²) in [4.78, 5) is 0. The zero-order chi connectivity index (χ0) is 11.6. The van der Waals surface area contributed by atoms with Gasteiger partial charge in [-0.2, -0.15) is 13.2 Å². The lowest BCUT2D eigenvalue weighted by Gasteiger charge is -2.26. The SMILES string of the molecule is FC(F)(F)[C@H](c1ccccc1)C1CCCC1. The molecule has 1 atom stereocenters. The average molecular weight is 228 g/mol. The molecule has 0 unspecified atom stereocenters. The first-order valence-corrected chi connectivity index (χ1v) is 5.70. The van der Waals surface area contributed by atoms with Crippen LogP contribution in [0.25, 0.3) is 0 Å². The number of rotatable bonds is 2. The van der Waals surface area contributed by atoms with E-state index in [0.717, 1.165) is 12.8 Å². The van der Waals surface area contributed by atoms with Crippen LogP contribution in [0, 0.1) is 5.92 Å². The Morgan fingerprint density at radius 2 is 1.56 bits per heavy atom. The Balaban J connectivity index is 2.28. The highest BCUT2D eigenvalue weighted by molar-refractivity contribution is 5.22. The molecule has 0 aliphatic heterocycles. The van der Waals surface area contributed by atoms with Crippen LogP contribution in [0.5, 0.6) is 0 Å². The molecule has 2 rings (SSSR count). The summed E-state index contributed by atoms with van der Waals surface area (Å²) in [6.45, 7) is 0. The molecule has 3 heteroatoms. The number of halogens is 3. The molecule has 0 N–H and O–H groups in total. The topological polar surface area (TPSA) is 0 Å². The quantitative estimate of drug-likeness (QED) is 0.698. The summed E-state index contributed by atoms with van der Waals surface area (Å²) in [7, 11) is 0. The molecule has 0 nitrogen and oxygen atoms in total. The van der Waals surface area contributed by atoms with Crippen LogP contribution in [0.3, 0.4) is 0 Å². The lowest BCUT2D eigenvalue weighted by atomic mass is 9.84. The largest absolute Gasteiger partial charge is 0.396 e. The maximum Gasteiger partial charge on any atom is 0.396 e. The number of hydrogen-bond donors (Lipinski definition) is 0. The van der Waals surface area contributed by atoms with Gasteiger partial charge in [0.2, 0.25) is 0 Å². The van der Waals surface area contributed by atoms with Crippen molar-refractivity contribution in [3.63, 3.8) is 0 Å². The van der Waals surface area contributed by atoms with Gasteiger partial charge >= 0.3 is 6.18 Å². The van der Waals surface area contributed by atoms with Gasteiger partial charge in [0.1, 0.15) is 0 Å². The summed E-state index contributed by atoms with van der Waals surface area (Å²) in [5.41, 5.74) is 0.418. The van der Waals surface area contributed by atoms with Crippen molar-refractivity contribution < 1.29 is 13.2 Å². The van der Waals surface area contributed by atoms with Crippen LogP contribution >= 0.6 is 0 Å². The van der Waals surface area contributed by atoms with Gasteiger partial charge in [-0.05, 0) is 24.3 Å². The molecule has 1 aliphatic rings. The molecule has 0 saturated heterocycles. The number of hydrogen-bond acceptors (Lipinski definition) is 0. The van der Waals surface area contributed by atoms with E-state index in [1.54, 1.807) is 30.3 Å². The number of alkyl halides is 3. The van der Waals surface area contributed by atoms with Crippen molar-refractivity contribution in [2.24, 2.45) is 5.92 Å². The fourth-order valence-electron chi connectivity index (χ4n) is 2.68. The van der Waals surface area contributed by atoms with Crippen molar-refractivity contribution >= 4 is 0 Å². The second kappa shape index (κ2) is 4.48. The van der Waals surface area contributed by atoms with E-state index < -0.39 is 12.1 Å². The Morgan fingerprint density at radius 3 is 2.06 bits per heavy atom. The van der Waals surface area contributed by atoms with Gasteiger partial charge < -0.3 is 0 Å². The standard InChI is InChI=1S/C13H15F3/c14-13(15,16)12(11-8-4-5-9-11)10-6-2-1-3-7-10/h1-3,6-7,11-12H,4-5,8-9H2/t12-/m1/s1. The minimum atomic E-state index is -4.11. The maximum atomic E-state index is 13.1. The highest BCUT2D eigenvalue weighted by Gasteiger charge is 2.45. The van der Waals surface area contributed by atoms with E-state index in [0.29, 0.717) is 18.4 Å². The first-order chi connectivity index (χ1) is 7.59. The fourth-order valence-corrected chi connectivity index (χ4v) is 2.68. The summed E-state index contributed by atoms with van der Waals surface area (Å²) < 4.78 is 39.2. The Kier molecular flexibility index (Phi) is 3.22. The second-order valence-electron chi connectivity index (χ2n) is 4.47. The second-order valence-corrected chi connectivity index (χ2v) is 4.47. The molecule has 0 spiro atoms. The molecule has 1 aromatic carbocycles. The fraction of sp³-hybridized carbons (Fsp3) is 0.538. The van der Waals surface area contributed by atoms with Crippen LogP contribution in [0.15, 0.2) is 30.3 Å². The van der Waals surface area contributed by atoms with E-state index in [9.17, 15) is 13.2 Å². The van der Waals surface area contributed by atoms with Gasteiger partial charge in [0.15, 0.2) is 0 Å². The summed E-state index contributed by atoms with van der Waals surface area (Å²) >= 11 is 0. The zero-order valence-electron chi connectivity index (χ0n) is 9.00. The van der Waals surface area contributed by atoms with E-state index in [-0.39, 0.29) is 5.92 Å². The van der Waals surface area contributed by atoms with Gasteiger partial charge in [0, 0.05) is 0 Å². The third-order valence-electron chi connectivity index (χ3n) is 3.38. The third kappa shape index (κ3) is 2.39. The van der Waals surface area contributed by atoms with E-state index in [1.807, 2.05) is 0 Å². The summed E-state index contributed by atoms with van der Waals surface area (Å²) in [6.07, 6.45) is -0.831. The van der Waals surface area contributed by atoms with Gasteiger partial charge in [0.05, 0.1) is 5.92 Å². The summed E-state index contributed by atoms with van der Waals surface area (Å²) in [6, 6.07) is 8.31. The summed E-state index contributed by atoms with van der Waals surface area (Å²) in [5, 5.41) is 0. The summed E-state index contributed by atoms with van der Waals surface area (Å²) in [5.74, 6) is -1.49. The molecule has 0 bridgehead atoms. The van der Waals surface area contributed by atoms with Crippen LogP contribution in [-0.4, -0.2) is 6.18 Å². The van der Waals surface area contributed by atoms with Gasteiger partial charge in [-0.3, -0.25) is 0 Å². The molecule has 0 amide bonds. The molecule has 0 heterocycles. The molecule has 1 fully saturated rings. The Hall–Kier alpha value is -0.990. The molecule has 0 aromatic heterocycles. The molecule has 88 valence electrons. The predicted octanol–water partition coefficient (Wildman–Crippen LogP) is 4.52. The van der Waals surface area contributed by atoms with Gasteiger partial charge in [-0.25, -0.2) is 0 Å². The number of benzene rings is 1. The van der Waals surface area contributed by atoms with Crippen LogP contribution in [0.1, 0.15) is 37.2 Å². The van der Waals surface area contributed by atoms with E-state index in [1.165, 1.54) is 0 Å². The van der Waals surface area contributed by atoms with Crippen molar-refractivity contribution in [3.05, 3.63) is 35.9 Å². The maximum absolute atomic E-state index is 13.1. The molecule has 1 aliphatic carbocycles. The molecule has 0 radical (unpaired) electrons.